The number of ether oxygens (including phenoxy) is 1. The van der Waals surface area contributed by atoms with Crippen LogP contribution in [0.4, 0.5) is 4.79 Å². The molecule has 1 saturated carbocycles. The molecule has 7 heteroatoms. The molecule has 0 bridgehead atoms. The largest absolute Gasteiger partial charge is 0.375 e. The fourth-order valence-electron chi connectivity index (χ4n) is 4.38. The Morgan fingerprint density at radius 1 is 1.16 bits per heavy atom. The molecule has 3 amide bonds. The number of amides is 3. The molecule has 142 valence electrons. The zero-order valence-corrected chi connectivity index (χ0v) is 15.5. The highest BCUT2D eigenvalue weighted by Gasteiger charge is 2.36. The molecule has 0 spiro atoms. The van der Waals surface area contributed by atoms with Crippen LogP contribution in [0.5, 0.6) is 0 Å². The average Bonchev–Trinajstić information content (AvgIpc) is 2.57. The van der Waals surface area contributed by atoms with Gasteiger partial charge in [-0.05, 0) is 32.2 Å². The van der Waals surface area contributed by atoms with Crippen LogP contribution in [0.25, 0.3) is 0 Å². The Bertz CT molecular complexity index is 487. The van der Waals surface area contributed by atoms with Gasteiger partial charge in [-0.2, -0.15) is 0 Å². The second-order valence-electron chi connectivity index (χ2n) is 7.89. The maximum atomic E-state index is 12.3. The van der Waals surface area contributed by atoms with E-state index in [2.05, 4.69) is 34.4 Å². The van der Waals surface area contributed by atoms with E-state index in [0.29, 0.717) is 12.5 Å². The normalized spacial score (nSPS) is 34.2. The van der Waals surface area contributed by atoms with Crippen LogP contribution in [-0.4, -0.2) is 79.8 Å². The average molecular weight is 352 g/mol. The van der Waals surface area contributed by atoms with Crippen molar-refractivity contribution in [3.8, 4) is 0 Å². The van der Waals surface area contributed by atoms with Crippen LogP contribution in [0.1, 0.15) is 39.0 Å². The first kappa shape index (κ1) is 18.6. The highest BCUT2D eigenvalue weighted by molar-refractivity contribution is 5.95. The van der Waals surface area contributed by atoms with Crippen molar-refractivity contribution in [2.24, 2.45) is 5.92 Å². The minimum Gasteiger partial charge on any atom is -0.375 e. The molecule has 4 atom stereocenters. The number of urea groups is 1. The predicted octanol–water partition coefficient (Wildman–Crippen LogP) is 0.796. The summed E-state index contributed by atoms with van der Waals surface area (Å²) in [6, 6.07) is 0.0651. The molecule has 2 aliphatic heterocycles. The minimum atomic E-state index is -0.352. The summed E-state index contributed by atoms with van der Waals surface area (Å²) in [7, 11) is 2.10. The van der Waals surface area contributed by atoms with Gasteiger partial charge in [0.25, 0.3) is 0 Å². The van der Waals surface area contributed by atoms with Crippen LogP contribution >= 0.6 is 0 Å². The lowest BCUT2D eigenvalue weighted by atomic mass is 9.86. The number of likely N-dealkylation sites (tertiary alicyclic amines) is 1. The number of nitrogens with zero attached hydrogens (tertiary/aromatic N) is 2. The lowest BCUT2D eigenvalue weighted by molar-refractivity contribution is -0.130. The van der Waals surface area contributed by atoms with Gasteiger partial charge in [-0.25, -0.2) is 4.79 Å². The van der Waals surface area contributed by atoms with E-state index in [1.54, 1.807) is 0 Å². The van der Waals surface area contributed by atoms with Gasteiger partial charge in [0.1, 0.15) is 0 Å². The van der Waals surface area contributed by atoms with Crippen molar-refractivity contribution in [1.29, 1.82) is 0 Å². The SMILES string of the molecule is C[C@@H]1CCCC[C@@H]1NC(=O)NC(=O)CN1CCO[C@H]2CCN(C)C[C@H]21. The third kappa shape index (κ3) is 4.92. The topological polar surface area (TPSA) is 73.9 Å². The fraction of sp³-hybridized carbons (Fsp3) is 0.889. The molecular formula is C18H32N4O3. The smallest absolute Gasteiger partial charge is 0.321 e. The van der Waals surface area contributed by atoms with Crippen LogP contribution in [0, 0.1) is 5.92 Å². The molecular weight excluding hydrogens is 320 g/mol. The van der Waals surface area contributed by atoms with Gasteiger partial charge in [0.05, 0.1) is 19.3 Å². The molecule has 2 saturated heterocycles. The molecule has 3 aliphatic rings. The van der Waals surface area contributed by atoms with Crippen molar-refractivity contribution in [2.75, 3.05) is 39.8 Å². The number of hydrogen-bond acceptors (Lipinski definition) is 5. The quantitative estimate of drug-likeness (QED) is 0.786. The second-order valence-corrected chi connectivity index (χ2v) is 7.89. The first-order chi connectivity index (χ1) is 12.0. The summed E-state index contributed by atoms with van der Waals surface area (Å²) in [6.45, 7) is 5.76. The minimum absolute atomic E-state index is 0.182. The monoisotopic (exact) mass is 352 g/mol. The molecule has 7 nitrogen and oxygen atoms in total. The molecule has 1 aliphatic carbocycles. The number of fused-ring (bicyclic) bond motifs is 1. The Labute approximate surface area is 150 Å². The van der Waals surface area contributed by atoms with Crippen molar-refractivity contribution in [1.82, 2.24) is 20.4 Å². The number of likely N-dealkylation sites (N-methyl/N-ethyl adjacent to an activating group) is 1. The molecule has 0 aromatic heterocycles. The fourth-order valence-corrected chi connectivity index (χ4v) is 4.38. The zero-order valence-electron chi connectivity index (χ0n) is 15.5. The third-order valence-electron chi connectivity index (χ3n) is 5.93. The van der Waals surface area contributed by atoms with Crippen molar-refractivity contribution in [3.63, 3.8) is 0 Å². The van der Waals surface area contributed by atoms with Crippen molar-refractivity contribution < 1.29 is 14.3 Å². The molecule has 0 aromatic rings. The summed E-state index contributed by atoms with van der Waals surface area (Å²) in [6.07, 6.45) is 5.72. The molecule has 0 radical (unpaired) electrons. The van der Waals surface area contributed by atoms with Gasteiger partial charge in [-0.15, -0.1) is 0 Å². The first-order valence-corrected chi connectivity index (χ1v) is 9.67. The standard InChI is InChI=1S/C18H32N4O3/c1-13-5-3-4-6-14(13)19-18(24)20-17(23)12-22-9-10-25-16-7-8-21(2)11-15(16)22/h13-16H,3-12H2,1-2H3,(H2,19,20,23,24)/t13-,14+,15-,16+/m1/s1. The summed E-state index contributed by atoms with van der Waals surface area (Å²) in [4.78, 5) is 28.9. The number of carbonyl (C=O) groups is 2. The molecule has 0 unspecified atom stereocenters. The van der Waals surface area contributed by atoms with Gasteiger partial charge >= 0.3 is 6.03 Å². The summed E-state index contributed by atoms with van der Waals surface area (Å²) in [5.74, 6) is 0.252. The summed E-state index contributed by atoms with van der Waals surface area (Å²) >= 11 is 0. The highest BCUT2D eigenvalue weighted by atomic mass is 16.5. The van der Waals surface area contributed by atoms with Crippen molar-refractivity contribution >= 4 is 11.9 Å². The number of piperidine rings is 1. The van der Waals surface area contributed by atoms with E-state index in [9.17, 15) is 9.59 Å². The summed E-state index contributed by atoms with van der Waals surface area (Å²) < 4.78 is 5.86. The Hall–Kier alpha value is -1.18. The maximum Gasteiger partial charge on any atom is 0.321 e. The van der Waals surface area contributed by atoms with Gasteiger partial charge in [0, 0.05) is 31.7 Å². The Morgan fingerprint density at radius 3 is 2.76 bits per heavy atom. The number of hydrogen-bond donors (Lipinski definition) is 2. The Kier molecular flexibility index (Phi) is 6.30. The Morgan fingerprint density at radius 2 is 1.96 bits per heavy atom. The van der Waals surface area contributed by atoms with E-state index < -0.39 is 0 Å². The van der Waals surface area contributed by atoms with Gasteiger partial charge in [-0.3, -0.25) is 15.0 Å². The summed E-state index contributed by atoms with van der Waals surface area (Å²) in [5, 5.41) is 5.49. The molecule has 0 aromatic carbocycles. The first-order valence-electron chi connectivity index (χ1n) is 9.67. The van der Waals surface area contributed by atoms with E-state index in [0.717, 1.165) is 45.3 Å². The molecule has 3 fully saturated rings. The van der Waals surface area contributed by atoms with E-state index in [1.165, 1.54) is 6.42 Å². The Balaban J connectivity index is 1.47. The van der Waals surface area contributed by atoms with Crippen molar-refractivity contribution in [3.05, 3.63) is 0 Å². The number of carbonyl (C=O) groups excluding carboxylic acids is 2. The van der Waals surface area contributed by atoms with Gasteiger partial charge in [0.15, 0.2) is 0 Å². The maximum absolute atomic E-state index is 12.3. The molecule has 2 heterocycles. The lowest BCUT2D eigenvalue weighted by Gasteiger charge is -2.46. The number of morpholine rings is 1. The van der Waals surface area contributed by atoms with E-state index >= 15 is 0 Å². The summed E-state index contributed by atoms with van der Waals surface area (Å²) in [5.41, 5.74) is 0. The van der Waals surface area contributed by atoms with Crippen LogP contribution in [0.2, 0.25) is 0 Å². The lowest BCUT2D eigenvalue weighted by Crippen LogP contribution is -2.61. The molecule has 2 N–H and O–H groups in total. The predicted molar refractivity (Wildman–Crippen MR) is 95.3 cm³/mol. The van der Waals surface area contributed by atoms with Gasteiger partial charge in [-0.1, -0.05) is 19.8 Å². The zero-order chi connectivity index (χ0) is 17.8. The molecule has 25 heavy (non-hydrogen) atoms. The second kappa shape index (κ2) is 8.47. The van der Waals surface area contributed by atoms with Gasteiger partial charge in [0.2, 0.25) is 5.91 Å². The van der Waals surface area contributed by atoms with E-state index in [1.807, 2.05) is 0 Å². The van der Waals surface area contributed by atoms with Crippen molar-refractivity contribution in [2.45, 2.75) is 57.2 Å². The molecule has 3 rings (SSSR count). The third-order valence-corrected chi connectivity index (χ3v) is 5.93. The number of imide groups is 1. The van der Waals surface area contributed by atoms with Crippen LogP contribution < -0.4 is 10.6 Å². The number of nitrogens with one attached hydrogen (secondary N) is 2. The van der Waals surface area contributed by atoms with Crippen LogP contribution in [-0.2, 0) is 9.53 Å². The van der Waals surface area contributed by atoms with E-state index in [-0.39, 0.29) is 36.7 Å². The van der Waals surface area contributed by atoms with Crippen LogP contribution in [0.3, 0.4) is 0 Å². The highest BCUT2D eigenvalue weighted by Crippen LogP contribution is 2.24. The van der Waals surface area contributed by atoms with Gasteiger partial charge < -0.3 is 15.0 Å². The van der Waals surface area contributed by atoms with E-state index in [4.69, 9.17) is 4.74 Å². The number of rotatable bonds is 3. The van der Waals surface area contributed by atoms with Crippen LogP contribution in [0.15, 0.2) is 0 Å².